The number of amides is 1. The van der Waals surface area contributed by atoms with Crippen molar-refractivity contribution >= 4 is 27.7 Å². The first kappa shape index (κ1) is 19.6. The SMILES string of the molecule is CC(=O)N(O)C(C)C=Cc1ccc(S(=O)(=O)Nc2ccc(F)cc2)cc1. The van der Waals surface area contributed by atoms with Crippen molar-refractivity contribution in [2.75, 3.05) is 4.72 Å². The van der Waals surface area contributed by atoms with Crippen molar-refractivity contribution in [2.24, 2.45) is 0 Å². The van der Waals surface area contributed by atoms with E-state index >= 15 is 0 Å². The Morgan fingerprint density at radius 2 is 1.73 bits per heavy atom. The molecule has 0 heterocycles. The number of anilines is 1. The lowest BCUT2D eigenvalue weighted by Gasteiger charge is -2.17. The van der Waals surface area contributed by atoms with Crippen LogP contribution in [0, 0.1) is 5.82 Å². The Labute approximate surface area is 151 Å². The second-order valence-corrected chi connectivity index (χ2v) is 7.33. The van der Waals surface area contributed by atoms with Gasteiger partial charge in [0.15, 0.2) is 0 Å². The predicted octanol–water partition coefficient (Wildman–Crippen LogP) is 3.27. The van der Waals surface area contributed by atoms with Crippen LogP contribution in [0.25, 0.3) is 6.08 Å². The van der Waals surface area contributed by atoms with Gasteiger partial charge < -0.3 is 0 Å². The Bertz CT molecular complexity index is 894. The molecular weight excluding hydrogens is 359 g/mol. The summed E-state index contributed by atoms with van der Waals surface area (Å²) in [6, 6.07) is 10.5. The third-order valence-electron chi connectivity index (χ3n) is 3.56. The van der Waals surface area contributed by atoms with Crippen LogP contribution in [0.2, 0.25) is 0 Å². The molecule has 0 aliphatic carbocycles. The van der Waals surface area contributed by atoms with Crippen molar-refractivity contribution in [3.05, 3.63) is 66.0 Å². The number of benzene rings is 2. The highest BCUT2D eigenvalue weighted by atomic mass is 32.2. The van der Waals surface area contributed by atoms with E-state index in [0.717, 1.165) is 0 Å². The Balaban J connectivity index is 2.10. The first-order valence-electron chi connectivity index (χ1n) is 7.74. The van der Waals surface area contributed by atoms with Crippen LogP contribution in [0.4, 0.5) is 10.1 Å². The molecule has 0 spiro atoms. The van der Waals surface area contributed by atoms with Gasteiger partial charge in [-0.3, -0.25) is 14.7 Å². The molecular formula is C18H19FN2O4S. The molecule has 0 bridgehead atoms. The predicted molar refractivity (Wildman–Crippen MR) is 96.5 cm³/mol. The Kier molecular flexibility index (Phi) is 6.12. The van der Waals surface area contributed by atoms with Gasteiger partial charge in [0.25, 0.3) is 10.0 Å². The van der Waals surface area contributed by atoms with Gasteiger partial charge in [-0.2, -0.15) is 0 Å². The van der Waals surface area contributed by atoms with E-state index in [0.29, 0.717) is 10.6 Å². The van der Waals surface area contributed by atoms with E-state index in [1.807, 2.05) is 0 Å². The lowest BCUT2D eigenvalue weighted by atomic mass is 10.2. The standard InChI is InChI=1S/C18H19FN2O4S/c1-13(21(23)14(2)22)3-4-15-5-11-18(12-6-15)26(24,25)20-17-9-7-16(19)8-10-17/h3-13,20,23H,1-2H3. The quantitative estimate of drug-likeness (QED) is 0.597. The summed E-state index contributed by atoms with van der Waals surface area (Å²) in [6.45, 7) is 2.89. The van der Waals surface area contributed by atoms with E-state index in [1.54, 1.807) is 31.2 Å². The number of carbonyl (C=O) groups excluding carboxylic acids is 1. The molecule has 2 aromatic carbocycles. The van der Waals surface area contributed by atoms with E-state index in [9.17, 15) is 22.8 Å². The summed E-state index contributed by atoms with van der Waals surface area (Å²) in [6.07, 6.45) is 3.28. The summed E-state index contributed by atoms with van der Waals surface area (Å²) in [7, 11) is -3.79. The molecule has 2 aromatic rings. The molecule has 1 unspecified atom stereocenters. The minimum Gasteiger partial charge on any atom is -0.285 e. The van der Waals surface area contributed by atoms with Crippen LogP contribution >= 0.6 is 0 Å². The molecule has 8 heteroatoms. The molecule has 0 radical (unpaired) electrons. The van der Waals surface area contributed by atoms with Crippen molar-refractivity contribution in [3.63, 3.8) is 0 Å². The van der Waals surface area contributed by atoms with Crippen molar-refractivity contribution < 1.29 is 22.8 Å². The highest BCUT2D eigenvalue weighted by Crippen LogP contribution is 2.17. The minimum atomic E-state index is -3.79. The van der Waals surface area contributed by atoms with Crippen molar-refractivity contribution in [1.82, 2.24) is 5.06 Å². The third-order valence-corrected chi connectivity index (χ3v) is 4.96. The molecule has 0 saturated heterocycles. The smallest absolute Gasteiger partial charge is 0.261 e. The zero-order valence-electron chi connectivity index (χ0n) is 14.3. The summed E-state index contributed by atoms with van der Waals surface area (Å²) in [4.78, 5) is 11.1. The Morgan fingerprint density at radius 3 is 2.27 bits per heavy atom. The van der Waals surface area contributed by atoms with Gasteiger partial charge in [0.2, 0.25) is 5.91 Å². The average molecular weight is 378 g/mol. The number of nitrogens with one attached hydrogen (secondary N) is 1. The number of rotatable bonds is 6. The molecule has 1 atom stereocenters. The molecule has 0 aromatic heterocycles. The Hall–Kier alpha value is -2.71. The van der Waals surface area contributed by atoms with Crippen LogP contribution in [0.5, 0.6) is 0 Å². The first-order valence-corrected chi connectivity index (χ1v) is 9.23. The number of hydroxylamine groups is 2. The van der Waals surface area contributed by atoms with Crippen LogP contribution in [-0.2, 0) is 14.8 Å². The van der Waals surface area contributed by atoms with Crippen molar-refractivity contribution in [3.8, 4) is 0 Å². The van der Waals surface area contributed by atoms with Gasteiger partial charge in [0.1, 0.15) is 5.82 Å². The fourth-order valence-corrected chi connectivity index (χ4v) is 3.17. The van der Waals surface area contributed by atoms with E-state index < -0.39 is 27.8 Å². The first-order chi connectivity index (χ1) is 12.2. The fraction of sp³-hybridized carbons (Fsp3) is 0.167. The lowest BCUT2D eigenvalue weighted by Crippen LogP contribution is -2.32. The molecule has 1 amide bonds. The highest BCUT2D eigenvalue weighted by molar-refractivity contribution is 7.92. The van der Waals surface area contributed by atoms with Crippen LogP contribution in [0.1, 0.15) is 19.4 Å². The van der Waals surface area contributed by atoms with Gasteiger partial charge >= 0.3 is 0 Å². The van der Waals surface area contributed by atoms with E-state index in [1.165, 1.54) is 43.3 Å². The topological polar surface area (TPSA) is 86.7 Å². The summed E-state index contributed by atoms with van der Waals surface area (Å²) in [5, 5.41) is 10.1. The summed E-state index contributed by atoms with van der Waals surface area (Å²) in [5.74, 6) is -0.931. The monoisotopic (exact) mass is 378 g/mol. The lowest BCUT2D eigenvalue weighted by molar-refractivity contribution is -0.167. The molecule has 0 fully saturated rings. The normalized spacial score (nSPS) is 12.8. The fourth-order valence-electron chi connectivity index (χ4n) is 2.11. The summed E-state index contributed by atoms with van der Waals surface area (Å²) >= 11 is 0. The van der Waals surface area contributed by atoms with Gasteiger partial charge in [-0.15, -0.1) is 0 Å². The molecule has 2 N–H and O–H groups in total. The number of carbonyl (C=O) groups is 1. The molecule has 0 aliphatic heterocycles. The minimum absolute atomic E-state index is 0.0551. The number of hydrogen-bond donors (Lipinski definition) is 2. The van der Waals surface area contributed by atoms with Gasteiger partial charge in [0, 0.05) is 12.6 Å². The van der Waals surface area contributed by atoms with Crippen LogP contribution in [0.15, 0.2) is 59.5 Å². The molecule has 26 heavy (non-hydrogen) atoms. The second-order valence-electron chi connectivity index (χ2n) is 5.64. The molecule has 6 nitrogen and oxygen atoms in total. The summed E-state index contributed by atoms with van der Waals surface area (Å²) < 4.78 is 39.9. The number of nitrogens with zero attached hydrogens (tertiary/aromatic N) is 1. The van der Waals surface area contributed by atoms with Crippen LogP contribution < -0.4 is 4.72 Å². The van der Waals surface area contributed by atoms with E-state index in [4.69, 9.17) is 0 Å². The average Bonchev–Trinajstić information content (AvgIpc) is 2.61. The van der Waals surface area contributed by atoms with Crippen molar-refractivity contribution in [1.29, 1.82) is 0 Å². The van der Waals surface area contributed by atoms with Gasteiger partial charge in [-0.25, -0.2) is 17.9 Å². The maximum absolute atomic E-state index is 12.9. The van der Waals surface area contributed by atoms with Gasteiger partial charge in [-0.1, -0.05) is 24.3 Å². The van der Waals surface area contributed by atoms with E-state index in [-0.39, 0.29) is 10.6 Å². The maximum Gasteiger partial charge on any atom is 0.261 e. The number of sulfonamides is 1. The largest absolute Gasteiger partial charge is 0.285 e. The Morgan fingerprint density at radius 1 is 1.15 bits per heavy atom. The van der Waals surface area contributed by atoms with Crippen molar-refractivity contribution in [2.45, 2.75) is 24.8 Å². The zero-order valence-corrected chi connectivity index (χ0v) is 15.1. The van der Waals surface area contributed by atoms with Crippen LogP contribution in [-0.4, -0.2) is 30.6 Å². The third kappa shape index (κ3) is 5.14. The van der Waals surface area contributed by atoms with Crippen LogP contribution in [0.3, 0.4) is 0 Å². The molecule has 0 aliphatic rings. The number of hydrogen-bond acceptors (Lipinski definition) is 4. The number of halogens is 1. The van der Waals surface area contributed by atoms with Gasteiger partial charge in [0.05, 0.1) is 10.9 Å². The zero-order chi connectivity index (χ0) is 19.3. The molecule has 0 saturated carbocycles. The van der Waals surface area contributed by atoms with Gasteiger partial charge in [-0.05, 0) is 48.9 Å². The highest BCUT2D eigenvalue weighted by Gasteiger charge is 2.14. The maximum atomic E-state index is 12.9. The summed E-state index contributed by atoms with van der Waals surface area (Å²) in [5.41, 5.74) is 0.964. The second kappa shape index (κ2) is 8.11. The molecule has 2 rings (SSSR count). The van der Waals surface area contributed by atoms with E-state index in [2.05, 4.69) is 4.72 Å². The molecule has 138 valence electrons.